The average Bonchev–Trinajstić information content (AvgIpc) is 3.43. The lowest BCUT2D eigenvalue weighted by Crippen LogP contribution is -2.46. The van der Waals surface area contributed by atoms with Gasteiger partial charge in [0.2, 0.25) is 5.95 Å². The topological polar surface area (TPSA) is 107 Å². The Labute approximate surface area is 191 Å². The molecule has 2 saturated heterocycles. The summed E-state index contributed by atoms with van der Waals surface area (Å²) in [5.41, 5.74) is 2.49. The van der Waals surface area contributed by atoms with E-state index >= 15 is 0 Å². The first kappa shape index (κ1) is 21.2. The van der Waals surface area contributed by atoms with Crippen LogP contribution < -0.4 is 20.7 Å². The molecular formula is C24H25N5O4. The Hall–Kier alpha value is -3.69. The van der Waals surface area contributed by atoms with Gasteiger partial charge in [-0.05, 0) is 42.5 Å². The fraction of sp³-hybridized carbons (Fsp3) is 0.292. The average molecular weight is 447 g/mol. The molecule has 33 heavy (non-hydrogen) atoms. The lowest BCUT2D eigenvalue weighted by molar-refractivity contribution is 0.0683. The zero-order valence-electron chi connectivity index (χ0n) is 18.1. The highest BCUT2D eigenvalue weighted by atomic mass is 16.6. The Kier molecular flexibility index (Phi) is 6.05. The summed E-state index contributed by atoms with van der Waals surface area (Å²) >= 11 is 0. The van der Waals surface area contributed by atoms with Gasteiger partial charge in [0, 0.05) is 17.4 Å². The van der Waals surface area contributed by atoms with E-state index < -0.39 is 0 Å². The van der Waals surface area contributed by atoms with E-state index in [9.17, 15) is 4.79 Å². The van der Waals surface area contributed by atoms with Crippen LogP contribution in [0.25, 0.3) is 11.3 Å². The molecule has 3 aromatic rings. The maximum atomic E-state index is 12.4. The number of aromatic nitrogens is 2. The van der Waals surface area contributed by atoms with E-state index in [1.54, 1.807) is 13.3 Å². The van der Waals surface area contributed by atoms with Gasteiger partial charge in [0.05, 0.1) is 38.1 Å². The van der Waals surface area contributed by atoms with Crippen molar-refractivity contribution in [3.8, 4) is 17.0 Å². The predicted molar refractivity (Wildman–Crippen MR) is 123 cm³/mol. The van der Waals surface area contributed by atoms with Crippen LogP contribution in [0.5, 0.6) is 5.75 Å². The van der Waals surface area contributed by atoms with Crippen molar-refractivity contribution in [1.82, 2.24) is 15.3 Å². The number of ether oxygens (including phenoxy) is 3. The van der Waals surface area contributed by atoms with E-state index in [0.717, 1.165) is 22.7 Å². The number of fused-ring (bicyclic) bond motifs is 1. The highest BCUT2D eigenvalue weighted by Gasteiger charge is 2.48. The van der Waals surface area contributed by atoms with Crippen LogP contribution in [0.1, 0.15) is 0 Å². The van der Waals surface area contributed by atoms with Crippen molar-refractivity contribution >= 4 is 17.7 Å². The second-order valence-corrected chi connectivity index (χ2v) is 7.91. The minimum Gasteiger partial charge on any atom is -0.497 e. The van der Waals surface area contributed by atoms with Gasteiger partial charge in [-0.1, -0.05) is 18.2 Å². The molecule has 3 N–H and O–H groups in total. The summed E-state index contributed by atoms with van der Waals surface area (Å²) in [6.07, 6.45) is 1.27. The molecule has 4 atom stereocenters. The normalized spacial score (nSPS) is 23.5. The molecule has 3 heterocycles. The Morgan fingerprint density at radius 2 is 1.70 bits per heavy atom. The number of rotatable bonds is 6. The molecule has 5 rings (SSSR count). The quantitative estimate of drug-likeness (QED) is 0.533. The number of hydrogen-bond acceptors (Lipinski definition) is 7. The molecule has 2 aliphatic heterocycles. The molecule has 0 aliphatic carbocycles. The van der Waals surface area contributed by atoms with E-state index in [1.165, 1.54) is 0 Å². The molecule has 2 aliphatic rings. The molecule has 1 aromatic heterocycles. The van der Waals surface area contributed by atoms with Gasteiger partial charge in [0.1, 0.15) is 18.0 Å². The van der Waals surface area contributed by atoms with Crippen molar-refractivity contribution in [2.24, 2.45) is 0 Å². The first-order valence-corrected chi connectivity index (χ1v) is 10.8. The Morgan fingerprint density at radius 3 is 2.45 bits per heavy atom. The van der Waals surface area contributed by atoms with Crippen LogP contribution >= 0.6 is 0 Å². The highest BCUT2D eigenvalue weighted by molar-refractivity contribution is 5.89. The van der Waals surface area contributed by atoms with E-state index in [0.29, 0.717) is 19.2 Å². The zero-order chi connectivity index (χ0) is 22.6. The number of anilines is 2. The molecular weight excluding hydrogens is 422 g/mol. The molecule has 170 valence electrons. The number of para-hydroxylation sites is 1. The number of urea groups is 1. The molecule has 0 spiro atoms. The summed E-state index contributed by atoms with van der Waals surface area (Å²) in [6.45, 7) is 0.812. The number of amides is 2. The molecule has 9 heteroatoms. The van der Waals surface area contributed by atoms with Gasteiger partial charge < -0.3 is 30.2 Å². The van der Waals surface area contributed by atoms with Gasteiger partial charge in [0.15, 0.2) is 0 Å². The largest absolute Gasteiger partial charge is 0.497 e. The molecule has 2 aromatic carbocycles. The van der Waals surface area contributed by atoms with Gasteiger partial charge in [-0.25, -0.2) is 14.8 Å². The van der Waals surface area contributed by atoms with Gasteiger partial charge in [-0.2, -0.15) is 0 Å². The predicted octanol–water partition coefficient (Wildman–Crippen LogP) is 2.92. The number of benzene rings is 2. The SMILES string of the molecule is COc1ccc(-c2ccnc(N[C@H]3CO[C@H]4[C@@H]3OC[C@@H]4NC(=O)Nc3ccccc3)n2)cc1. The summed E-state index contributed by atoms with van der Waals surface area (Å²) < 4.78 is 17.1. The van der Waals surface area contributed by atoms with Crippen LogP contribution in [0, 0.1) is 0 Å². The summed E-state index contributed by atoms with van der Waals surface area (Å²) in [6, 6.07) is 18.2. The van der Waals surface area contributed by atoms with Crippen LogP contribution in [0.15, 0.2) is 66.9 Å². The molecule has 0 saturated carbocycles. The fourth-order valence-electron chi connectivity index (χ4n) is 4.12. The number of nitrogens with zero attached hydrogens (tertiary/aromatic N) is 2. The van der Waals surface area contributed by atoms with E-state index in [4.69, 9.17) is 14.2 Å². The third-order valence-electron chi connectivity index (χ3n) is 5.76. The van der Waals surface area contributed by atoms with E-state index in [2.05, 4.69) is 25.9 Å². The van der Waals surface area contributed by atoms with Gasteiger partial charge >= 0.3 is 6.03 Å². The number of hydrogen-bond donors (Lipinski definition) is 3. The van der Waals surface area contributed by atoms with Crippen molar-refractivity contribution in [1.29, 1.82) is 0 Å². The van der Waals surface area contributed by atoms with Gasteiger partial charge in [-0.15, -0.1) is 0 Å². The maximum absolute atomic E-state index is 12.4. The number of carbonyl (C=O) groups excluding carboxylic acids is 1. The van der Waals surface area contributed by atoms with Crippen LogP contribution in [0.2, 0.25) is 0 Å². The third kappa shape index (κ3) is 4.74. The van der Waals surface area contributed by atoms with Crippen LogP contribution in [-0.4, -0.2) is 60.6 Å². The van der Waals surface area contributed by atoms with Crippen molar-refractivity contribution in [2.75, 3.05) is 31.0 Å². The molecule has 0 unspecified atom stereocenters. The highest BCUT2D eigenvalue weighted by Crippen LogP contribution is 2.29. The molecule has 9 nitrogen and oxygen atoms in total. The number of nitrogens with one attached hydrogen (secondary N) is 3. The zero-order valence-corrected chi connectivity index (χ0v) is 18.1. The lowest BCUT2D eigenvalue weighted by Gasteiger charge is -2.18. The van der Waals surface area contributed by atoms with Crippen molar-refractivity contribution in [3.05, 3.63) is 66.9 Å². The summed E-state index contributed by atoms with van der Waals surface area (Å²) in [4.78, 5) is 21.4. The Morgan fingerprint density at radius 1 is 0.970 bits per heavy atom. The van der Waals surface area contributed by atoms with Crippen LogP contribution in [-0.2, 0) is 9.47 Å². The van der Waals surface area contributed by atoms with Crippen LogP contribution in [0.3, 0.4) is 0 Å². The summed E-state index contributed by atoms with van der Waals surface area (Å²) in [5.74, 6) is 1.29. The van der Waals surface area contributed by atoms with Gasteiger partial charge in [0.25, 0.3) is 0 Å². The lowest BCUT2D eigenvalue weighted by atomic mass is 10.1. The first-order valence-electron chi connectivity index (χ1n) is 10.8. The summed E-state index contributed by atoms with van der Waals surface area (Å²) in [5, 5.41) is 9.11. The van der Waals surface area contributed by atoms with E-state index in [-0.39, 0.29) is 30.3 Å². The minimum atomic E-state index is -0.286. The fourth-order valence-corrected chi connectivity index (χ4v) is 4.12. The standard InChI is InChI=1S/C24H25N5O4/c1-31-17-9-7-15(8-10-17)18-11-12-25-23(27-18)28-19-13-32-22-20(14-33-21(19)22)29-24(30)26-16-5-3-2-4-6-16/h2-12,19-22H,13-14H2,1H3,(H,25,27,28)(H2,26,29,30)/t19-,20-,21+,22+/m0/s1. The Bertz CT molecular complexity index is 1100. The minimum absolute atomic E-state index is 0.120. The second kappa shape index (κ2) is 9.43. The van der Waals surface area contributed by atoms with Gasteiger partial charge in [-0.3, -0.25) is 0 Å². The van der Waals surface area contributed by atoms with E-state index in [1.807, 2.05) is 60.7 Å². The number of methoxy groups -OCH3 is 1. The maximum Gasteiger partial charge on any atom is 0.319 e. The van der Waals surface area contributed by atoms with Crippen LogP contribution in [0.4, 0.5) is 16.4 Å². The molecule has 2 amide bonds. The molecule has 0 bridgehead atoms. The second-order valence-electron chi connectivity index (χ2n) is 7.91. The third-order valence-corrected chi connectivity index (χ3v) is 5.76. The van der Waals surface area contributed by atoms with Crippen molar-refractivity contribution < 1.29 is 19.0 Å². The Balaban J connectivity index is 1.20. The first-order chi connectivity index (χ1) is 16.2. The smallest absolute Gasteiger partial charge is 0.319 e. The monoisotopic (exact) mass is 447 g/mol. The van der Waals surface area contributed by atoms with Crippen molar-refractivity contribution in [3.63, 3.8) is 0 Å². The molecule has 0 radical (unpaired) electrons. The van der Waals surface area contributed by atoms with Crippen molar-refractivity contribution in [2.45, 2.75) is 24.3 Å². The molecule has 2 fully saturated rings. The summed E-state index contributed by atoms with van der Waals surface area (Å²) in [7, 11) is 1.64. The number of carbonyl (C=O) groups is 1.